The molecule has 1 aliphatic heterocycles. The summed E-state index contributed by atoms with van der Waals surface area (Å²) in [5, 5.41) is 2.15. The summed E-state index contributed by atoms with van der Waals surface area (Å²) in [4.78, 5) is 3.90. The third-order valence-corrected chi connectivity index (χ3v) is 4.46. The molecule has 1 aliphatic rings. The van der Waals surface area contributed by atoms with Crippen LogP contribution in [0.25, 0.3) is 0 Å². The molecule has 0 saturated carbocycles. The minimum absolute atomic E-state index is 0.523. The topological polar surface area (TPSA) is 12.5 Å². The molecule has 0 radical (unpaired) electrons. The Hall–Kier alpha value is 0.1000. The van der Waals surface area contributed by atoms with Gasteiger partial charge in [0.25, 0.3) is 0 Å². The molecule has 0 spiro atoms. The first-order valence-corrected chi connectivity index (χ1v) is 6.50. The number of halogens is 1. The van der Waals surface area contributed by atoms with E-state index in [0.29, 0.717) is 6.04 Å². The van der Waals surface area contributed by atoms with Crippen molar-refractivity contribution in [1.82, 2.24) is 4.90 Å². The summed E-state index contributed by atoms with van der Waals surface area (Å²) < 4.78 is 6.54. The maximum absolute atomic E-state index is 5.34. The van der Waals surface area contributed by atoms with E-state index in [0.717, 1.165) is 26.3 Å². The van der Waals surface area contributed by atoms with Gasteiger partial charge in [-0.1, -0.05) is 0 Å². The largest absolute Gasteiger partial charge is 0.379 e. The number of nitrogens with zero attached hydrogens (tertiary/aromatic N) is 1. The Balaban J connectivity index is 2.03. The molecule has 4 heteroatoms. The van der Waals surface area contributed by atoms with Crippen molar-refractivity contribution in [2.24, 2.45) is 0 Å². The van der Waals surface area contributed by atoms with Gasteiger partial charge in [-0.25, -0.2) is 0 Å². The first-order valence-electron chi connectivity index (χ1n) is 4.83. The highest BCUT2D eigenvalue weighted by molar-refractivity contribution is 9.10. The van der Waals surface area contributed by atoms with Crippen LogP contribution >= 0.6 is 27.3 Å². The van der Waals surface area contributed by atoms with Gasteiger partial charge in [0.2, 0.25) is 0 Å². The molecule has 2 heterocycles. The van der Waals surface area contributed by atoms with E-state index >= 15 is 0 Å². The van der Waals surface area contributed by atoms with E-state index in [1.165, 1.54) is 9.35 Å². The van der Waals surface area contributed by atoms with Gasteiger partial charge in [0.1, 0.15) is 0 Å². The first-order chi connectivity index (χ1) is 6.77. The smallest absolute Gasteiger partial charge is 0.0594 e. The number of hydrogen-bond donors (Lipinski definition) is 0. The van der Waals surface area contributed by atoms with Crippen molar-refractivity contribution in [2.75, 3.05) is 26.3 Å². The van der Waals surface area contributed by atoms with Crippen LogP contribution in [0.3, 0.4) is 0 Å². The third-order valence-electron chi connectivity index (χ3n) is 2.59. The molecule has 0 unspecified atom stereocenters. The van der Waals surface area contributed by atoms with Gasteiger partial charge < -0.3 is 4.74 Å². The fourth-order valence-corrected chi connectivity index (χ4v) is 3.23. The summed E-state index contributed by atoms with van der Waals surface area (Å²) in [6.45, 7) is 6.12. The number of ether oxygens (including phenoxy) is 1. The molecule has 2 nitrogen and oxygen atoms in total. The molecule has 0 N–H and O–H groups in total. The second-order valence-corrected chi connectivity index (χ2v) is 5.35. The highest BCUT2D eigenvalue weighted by Crippen LogP contribution is 2.29. The van der Waals surface area contributed by atoms with Crippen LogP contribution in [-0.2, 0) is 4.74 Å². The average Bonchev–Trinajstić information content (AvgIpc) is 2.65. The number of morpholine rings is 1. The van der Waals surface area contributed by atoms with Gasteiger partial charge in [0.15, 0.2) is 0 Å². The number of hydrogen-bond acceptors (Lipinski definition) is 3. The second kappa shape index (κ2) is 4.75. The van der Waals surface area contributed by atoms with Gasteiger partial charge in [-0.05, 0) is 28.9 Å². The normalized spacial score (nSPS) is 21.0. The quantitative estimate of drug-likeness (QED) is 0.823. The van der Waals surface area contributed by atoms with Crippen LogP contribution < -0.4 is 0 Å². The minimum Gasteiger partial charge on any atom is -0.379 e. The molecule has 0 amide bonds. The Labute approximate surface area is 97.0 Å². The van der Waals surface area contributed by atoms with E-state index in [9.17, 15) is 0 Å². The van der Waals surface area contributed by atoms with E-state index in [-0.39, 0.29) is 0 Å². The lowest BCUT2D eigenvalue weighted by Gasteiger charge is -2.31. The van der Waals surface area contributed by atoms with Crippen LogP contribution in [0.2, 0.25) is 0 Å². The summed E-state index contributed by atoms with van der Waals surface area (Å²) in [5.41, 5.74) is 0. The van der Waals surface area contributed by atoms with Crippen LogP contribution in [0.15, 0.2) is 15.9 Å². The molecule has 14 heavy (non-hydrogen) atoms. The second-order valence-electron chi connectivity index (χ2n) is 3.49. The van der Waals surface area contributed by atoms with Gasteiger partial charge in [-0.15, -0.1) is 11.3 Å². The molecule has 1 atom stereocenters. The predicted octanol–water partition coefficient (Wildman–Crippen LogP) is 2.90. The van der Waals surface area contributed by atoms with Gasteiger partial charge in [0.05, 0.1) is 13.2 Å². The Morgan fingerprint density at radius 1 is 1.50 bits per heavy atom. The monoisotopic (exact) mass is 275 g/mol. The maximum Gasteiger partial charge on any atom is 0.0594 e. The van der Waals surface area contributed by atoms with Crippen molar-refractivity contribution in [3.63, 3.8) is 0 Å². The van der Waals surface area contributed by atoms with E-state index in [2.05, 4.69) is 39.2 Å². The average molecular weight is 276 g/mol. The summed E-state index contributed by atoms with van der Waals surface area (Å²) in [6.07, 6.45) is 0. The van der Waals surface area contributed by atoms with E-state index < -0.39 is 0 Å². The van der Waals surface area contributed by atoms with Crippen molar-refractivity contribution in [3.8, 4) is 0 Å². The zero-order valence-corrected chi connectivity index (χ0v) is 10.6. The molecule has 0 aromatic carbocycles. The molecule has 1 saturated heterocycles. The van der Waals surface area contributed by atoms with E-state index in [4.69, 9.17) is 4.74 Å². The molecular formula is C10H14BrNOS. The summed E-state index contributed by atoms with van der Waals surface area (Å²) in [5.74, 6) is 0. The van der Waals surface area contributed by atoms with Gasteiger partial charge in [-0.2, -0.15) is 0 Å². The van der Waals surface area contributed by atoms with E-state index in [1.807, 2.05) is 11.3 Å². The molecule has 1 aromatic rings. The standard InChI is InChI=1S/C10H14BrNOS/c1-8(10-6-9(11)7-14-10)12-2-4-13-5-3-12/h6-8H,2-5H2,1H3/t8-/m0/s1. The van der Waals surface area contributed by atoms with Crippen molar-refractivity contribution < 1.29 is 4.74 Å². The molecule has 1 aromatic heterocycles. The molecule has 78 valence electrons. The van der Waals surface area contributed by atoms with Crippen LogP contribution in [0, 0.1) is 0 Å². The van der Waals surface area contributed by atoms with Crippen molar-refractivity contribution >= 4 is 27.3 Å². The molecular weight excluding hydrogens is 262 g/mol. The number of rotatable bonds is 2. The Bertz CT molecular complexity index is 296. The third kappa shape index (κ3) is 2.37. The van der Waals surface area contributed by atoms with Crippen LogP contribution in [0.5, 0.6) is 0 Å². The molecule has 2 rings (SSSR count). The molecule has 1 fully saturated rings. The minimum atomic E-state index is 0.523. The van der Waals surface area contributed by atoms with Crippen LogP contribution in [0.4, 0.5) is 0 Å². The Morgan fingerprint density at radius 2 is 2.21 bits per heavy atom. The van der Waals surface area contributed by atoms with Crippen LogP contribution in [0.1, 0.15) is 17.8 Å². The van der Waals surface area contributed by atoms with Gasteiger partial charge >= 0.3 is 0 Å². The SMILES string of the molecule is C[C@@H](c1cc(Br)cs1)N1CCOCC1. The zero-order valence-electron chi connectivity index (χ0n) is 8.20. The first kappa shape index (κ1) is 10.6. The predicted molar refractivity (Wildman–Crippen MR) is 62.8 cm³/mol. The highest BCUT2D eigenvalue weighted by atomic mass is 79.9. The lowest BCUT2D eigenvalue weighted by Crippen LogP contribution is -2.37. The molecule has 0 aliphatic carbocycles. The summed E-state index contributed by atoms with van der Waals surface area (Å²) >= 11 is 5.31. The summed E-state index contributed by atoms with van der Waals surface area (Å²) in [7, 11) is 0. The fourth-order valence-electron chi connectivity index (χ4n) is 1.69. The van der Waals surface area contributed by atoms with Crippen LogP contribution in [-0.4, -0.2) is 31.2 Å². The fraction of sp³-hybridized carbons (Fsp3) is 0.600. The zero-order chi connectivity index (χ0) is 9.97. The Kier molecular flexibility index (Phi) is 3.60. The van der Waals surface area contributed by atoms with Gasteiger partial charge in [0, 0.05) is 33.9 Å². The van der Waals surface area contributed by atoms with Crippen molar-refractivity contribution in [2.45, 2.75) is 13.0 Å². The lowest BCUT2D eigenvalue weighted by molar-refractivity contribution is 0.0205. The molecule has 0 bridgehead atoms. The maximum atomic E-state index is 5.34. The van der Waals surface area contributed by atoms with Crippen molar-refractivity contribution in [1.29, 1.82) is 0 Å². The number of thiophene rings is 1. The summed E-state index contributed by atoms with van der Waals surface area (Å²) in [6, 6.07) is 2.74. The van der Waals surface area contributed by atoms with Crippen molar-refractivity contribution in [3.05, 3.63) is 20.8 Å². The lowest BCUT2D eigenvalue weighted by atomic mass is 10.2. The highest BCUT2D eigenvalue weighted by Gasteiger charge is 2.19. The van der Waals surface area contributed by atoms with Gasteiger partial charge in [-0.3, -0.25) is 4.90 Å². The Morgan fingerprint density at radius 3 is 2.79 bits per heavy atom. The van der Waals surface area contributed by atoms with E-state index in [1.54, 1.807) is 0 Å².